The van der Waals surface area contributed by atoms with Gasteiger partial charge >= 0.3 is 5.97 Å². The molecule has 5 heteroatoms. The van der Waals surface area contributed by atoms with Gasteiger partial charge in [-0.3, -0.25) is 4.79 Å². The lowest BCUT2D eigenvalue weighted by atomic mass is 10.1. The summed E-state index contributed by atoms with van der Waals surface area (Å²) in [4.78, 5) is 25.2. The van der Waals surface area contributed by atoms with E-state index in [2.05, 4.69) is 5.32 Å². The highest BCUT2D eigenvalue weighted by Crippen LogP contribution is 2.16. The predicted molar refractivity (Wildman–Crippen MR) is 92.3 cm³/mol. The van der Waals surface area contributed by atoms with Gasteiger partial charge in [-0.1, -0.05) is 12.1 Å². The Balaban J connectivity index is 1.61. The second-order valence-corrected chi connectivity index (χ2v) is 5.94. The first-order chi connectivity index (χ1) is 11.6. The molecule has 24 heavy (non-hydrogen) atoms. The number of rotatable bonds is 5. The first-order valence-corrected chi connectivity index (χ1v) is 8.09. The number of carbonyl (C=O) groups excluding carboxylic acids is 1. The molecule has 1 aliphatic heterocycles. The Hall–Kier alpha value is -2.82. The van der Waals surface area contributed by atoms with Crippen LogP contribution in [0.4, 0.5) is 5.69 Å². The van der Waals surface area contributed by atoms with E-state index in [9.17, 15) is 9.59 Å². The van der Waals surface area contributed by atoms with Gasteiger partial charge in [0.2, 0.25) is 0 Å². The van der Waals surface area contributed by atoms with Gasteiger partial charge in [0.1, 0.15) is 0 Å². The molecule has 1 heterocycles. The second kappa shape index (κ2) is 7.17. The highest BCUT2D eigenvalue weighted by Gasteiger charge is 2.19. The summed E-state index contributed by atoms with van der Waals surface area (Å²) >= 11 is 0. The number of carboxylic acids is 1. The summed E-state index contributed by atoms with van der Waals surface area (Å²) < 4.78 is 0. The number of nitrogens with zero attached hydrogens (tertiary/aromatic N) is 1. The quantitative estimate of drug-likeness (QED) is 0.886. The molecule has 3 rings (SSSR count). The minimum absolute atomic E-state index is 0.0909. The van der Waals surface area contributed by atoms with Gasteiger partial charge in [-0.25, -0.2) is 4.79 Å². The van der Waals surface area contributed by atoms with Gasteiger partial charge in [0.05, 0.1) is 5.56 Å². The fraction of sp³-hybridized carbons (Fsp3) is 0.263. The van der Waals surface area contributed by atoms with Crippen molar-refractivity contribution in [1.29, 1.82) is 0 Å². The zero-order chi connectivity index (χ0) is 16.9. The van der Waals surface area contributed by atoms with E-state index in [1.807, 2.05) is 35.2 Å². The van der Waals surface area contributed by atoms with Gasteiger partial charge in [0.25, 0.3) is 5.91 Å². The SMILES string of the molecule is O=C(O)c1cccc(CNc2ccc(C(=O)N3CCCC3)cc2)c1. The van der Waals surface area contributed by atoms with Crippen molar-refractivity contribution in [2.24, 2.45) is 0 Å². The third-order valence-electron chi connectivity index (χ3n) is 4.20. The highest BCUT2D eigenvalue weighted by atomic mass is 16.4. The maximum atomic E-state index is 12.3. The maximum absolute atomic E-state index is 12.3. The summed E-state index contributed by atoms with van der Waals surface area (Å²) in [6.45, 7) is 2.22. The van der Waals surface area contributed by atoms with Gasteiger partial charge in [0.15, 0.2) is 0 Å². The lowest BCUT2D eigenvalue weighted by Gasteiger charge is -2.15. The molecule has 0 saturated carbocycles. The lowest BCUT2D eigenvalue weighted by Crippen LogP contribution is -2.27. The summed E-state index contributed by atoms with van der Waals surface area (Å²) in [5.74, 6) is -0.838. The molecule has 0 unspecified atom stereocenters. The number of carbonyl (C=O) groups is 2. The molecular formula is C19H20N2O3. The molecule has 124 valence electrons. The highest BCUT2D eigenvalue weighted by molar-refractivity contribution is 5.94. The Morgan fingerprint density at radius 3 is 2.38 bits per heavy atom. The Bertz CT molecular complexity index is 735. The minimum Gasteiger partial charge on any atom is -0.478 e. The van der Waals surface area contributed by atoms with Crippen molar-refractivity contribution in [2.75, 3.05) is 18.4 Å². The summed E-state index contributed by atoms with van der Waals surface area (Å²) in [7, 11) is 0. The van der Waals surface area contributed by atoms with E-state index in [1.165, 1.54) is 0 Å². The molecule has 0 bridgehead atoms. The molecule has 1 aliphatic rings. The molecule has 2 N–H and O–H groups in total. The predicted octanol–water partition coefficient (Wildman–Crippen LogP) is 3.23. The molecule has 0 spiro atoms. The van der Waals surface area contributed by atoms with Crippen LogP contribution in [-0.4, -0.2) is 35.0 Å². The molecule has 1 fully saturated rings. The topological polar surface area (TPSA) is 69.6 Å². The standard InChI is InChI=1S/C19H20N2O3/c22-18(21-10-1-2-11-21)15-6-8-17(9-7-15)20-13-14-4-3-5-16(12-14)19(23)24/h3-9,12,20H,1-2,10-11,13H2,(H,23,24). The number of hydrogen-bond acceptors (Lipinski definition) is 3. The van der Waals surface area contributed by atoms with Gasteiger partial charge in [-0.2, -0.15) is 0 Å². The number of carboxylic acid groups (broad SMARTS) is 1. The van der Waals surface area contributed by atoms with E-state index in [-0.39, 0.29) is 11.5 Å². The number of nitrogens with one attached hydrogen (secondary N) is 1. The minimum atomic E-state index is -0.929. The van der Waals surface area contributed by atoms with Crippen LogP contribution in [0.15, 0.2) is 48.5 Å². The van der Waals surface area contributed by atoms with Crippen LogP contribution in [0.1, 0.15) is 39.1 Å². The number of aromatic carboxylic acids is 1. The maximum Gasteiger partial charge on any atom is 0.335 e. The first-order valence-electron chi connectivity index (χ1n) is 8.09. The average Bonchev–Trinajstić information content (AvgIpc) is 3.14. The molecule has 0 aromatic heterocycles. The molecule has 1 amide bonds. The number of anilines is 1. The molecule has 0 aliphatic carbocycles. The van der Waals surface area contributed by atoms with Crippen molar-refractivity contribution in [2.45, 2.75) is 19.4 Å². The van der Waals surface area contributed by atoms with Crippen molar-refractivity contribution < 1.29 is 14.7 Å². The third kappa shape index (κ3) is 3.74. The Labute approximate surface area is 140 Å². The van der Waals surface area contributed by atoms with Gasteiger partial charge < -0.3 is 15.3 Å². The van der Waals surface area contributed by atoms with E-state index in [0.29, 0.717) is 12.1 Å². The Morgan fingerprint density at radius 1 is 1.00 bits per heavy atom. The summed E-state index contributed by atoms with van der Waals surface area (Å²) in [5, 5.41) is 12.3. The van der Waals surface area contributed by atoms with E-state index < -0.39 is 5.97 Å². The van der Waals surface area contributed by atoms with Crippen LogP contribution in [0.3, 0.4) is 0 Å². The fourth-order valence-electron chi connectivity index (χ4n) is 2.85. The smallest absolute Gasteiger partial charge is 0.335 e. The number of benzene rings is 2. The molecule has 1 saturated heterocycles. The fourth-order valence-corrected chi connectivity index (χ4v) is 2.85. The van der Waals surface area contributed by atoms with Crippen LogP contribution in [0, 0.1) is 0 Å². The number of hydrogen-bond donors (Lipinski definition) is 2. The van der Waals surface area contributed by atoms with Crippen LogP contribution in [0.2, 0.25) is 0 Å². The molecule has 0 atom stereocenters. The van der Waals surface area contributed by atoms with Gasteiger partial charge in [-0.05, 0) is 54.8 Å². The molecule has 2 aromatic rings. The average molecular weight is 324 g/mol. The largest absolute Gasteiger partial charge is 0.478 e. The lowest BCUT2D eigenvalue weighted by molar-refractivity contribution is 0.0696. The van der Waals surface area contributed by atoms with E-state index >= 15 is 0 Å². The summed E-state index contributed by atoms with van der Waals surface area (Å²) in [6.07, 6.45) is 2.17. The molecule has 5 nitrogen and oxygen atoms in total. The Kier molecular flexibility index (Phi) is 4.79. The van der Waals surface area contributed by atoms with Gasteiger partial charge in [-0.15, -0.1) is 0 Å². The van der Waals surface area contributed by atoms with Crippen LogP contribution >= 0.6 is 0 Å². The van der Waals surface area contributed by atoms with Crippen molar-refractivity contribution in [3.63, 3.8) is 0 Å². The number of likely N-dealkylation sites (tertiary alicyclic amines) is 1. The van der Waals surface area contributed by atoms with Gasteiger partial charge in [0, 0.05) is 30.9 Å². The molecule has 0 radical (unpaired) electrons. The van der Waals surface area contributed by atoms with Crippen molar-refractivity contribution in [3.05, 3.63) is 65.2 Å². The van der Waals surface area contributed by atoms with Crippen LogP contribution in [0.25, 0.3) is 0 Å². The molecular weight excluding hydrogens is 304 g/mol. The first kappa shape index (κ1) is 16.1. The second-order valence-electron chi connectivity index (χ2n) is 5.94. The number of amides is 1. The van der Waals surface area contributed by atoms with Crippen molar-refractivity contribution >= 4 is 17.6 Å². The van der Waals surface area contributed by atoms with Crippen LogP contribution in [0.5, 0.6) is 0 Å². The third-order valence-corrected chi connectivity index (χ3v) is 4.20. The van der Waals surface area contributed by atoms with Crippen molar-refractivity contribution in [1.82, 2.24) is 4.90 Å². The summed E-state index contributed by atoms with van der Waals surface area (Å²) in [6, 6.07) is 14.3. The van der Waals surface area contributed by atoms with E-state index in [1.54, 1.807) is 18.2 Å². The Morgan fingerprint density at radius 2 is 1.71 bits per heavy atom. The zero-order valence-corrected chi connectivity index (χ0v) is 13.4. The zero-order valence-electron chi connectivity index (χ0n) is 13.4. The van der Waals surface area contributed by atoms with Crippen molar-refractivity contribution in [3.8, 4) is 0 Å². The summed E-state index contributed by atoms with van der Waals surface area (Å²) in [5.41, 5.74) is 2.78. The normalized spacial score (nSPS) is 13.8. The van der Waals surface area contributed by atoms with Crippen LogP contribution < -0.4 is 5.32 Å². The monoisotopic (exact) mass is 324 g/mol. The van der Waals surface area contributed by atoms with E-state index in [4.69, 9.17) is 5.11 Å². The van der Waals surface area contributed by atoms with E-state index in [0.717, 1.165) is 37.2 Å². The molecule has 2 aromatic carbocycles. The van der Waals surface area contributed by atoms with Crippen LogP contribution in [-0.2, 0) is 6.54 Å².